The normalized spacial score (nSPS) is 11.7. The molecule has 6 nitrogen and oxygen atoms in total. The largest absolute Gasteiger partial charge is 0.497 e. The second kappa shape index (κ2) is 9.73. The van der Waals surface area contributed by atoms with Crippen LogP contribution in [-0.4, -0.2) is 50.0 Å². The molecule has 0 bridgehead atoms. The van der Waals surface area contributed by atoms with E-state index in [4.69, 9.17) is 4.74 Å². The van der Waals surface area contributed by atoms with Gasteiger partial charge in [0, 0.05) is 24.0 Å². The van der Waals surface area contributed by atoms with E-state index in [0.29, 0.717) is 18.0 Å². The van der Waals surface area contributed by atoms with Gasteiger partial charge in [-0.2, -0.15) is 0 Å². The second-order valence-electron chi connectivity index (χ2n) is 6.29. The Balaban J connectivity index is 1.98. The highest BCUT2D eigenvalue weighted by atomic mass is 16.5. The highest BCUT2D eigenvalue weighted by Gasteiger charge is 2.25. The predicted molar refractivity (Wildman–Crippen MR) is 108 cm³/mol. The first kappa shape index (κ1) is 20.5. The zero-order chi connectivity index (χ0) is 19.8. The molecule has 1 N–H and O–H groups in total. The van der Waals surface area contributed by atoms with Crippen molar-refractivity contribution in [2.24, 2.45) is 0 Å². The van der Waals surface area contributed by atoms with E-state index < -0.39 is 6.04 Å². The fourth-order valence-electron chi connectivity index (χ4n) is 2.75. The minimum Gasteiger partial charge on any atom is -0.497 e. The first-order chi connectivity index (χ1) is 13.0. The summed E-state index contributed by atoms with van der Waals surface area (Å²) in [5.41, 5.74) is 1.51. The van der Waals surface area contributed by atoms with Crippen LogP contribution in [0.25, 0.3) is 0 Å². The highest BCUT2D eigenvalue weighted by molar-refractivity contribution is 5.98. The van der Waals surface area contributed by atoms with Crippen molar-refractivity contribution in [3.05, 3.63) is 54.6 Å². The Morgan fingerprint density at radius 3 is 2.44 bits per heavy atom. The Bertz CT molecular complexity index is 764. The summed E-state index contributed by atoms with van der Waals surface area (Å²) in [6.45, 7) is 4.42. The lowest BCUT2D eigenvalue weighted by Gasteiger charge is -2.29. The molecular weight excluding hydrogens is 342 g/mol. The van der Waals surface area contributed by atoms with Crippen LogP contribution in [-0.2, 0) is 9.59 Å². The SMILES string of the molecule is CCN(C(=O)[C@H](C)N(C)CC(=O)Nc1cccc(OC)c1)c1ccccc1. The van der Waals surface area contributed by atoms with E-state index in [2.05, 4.69) is 5.32 Å². The lowest BCUT2D eigenvalue weighted by Crippen LogP contribution is -2.48. The molecule has 0 spiro atoms. The van der Waals surface area contributed by atoms with Crippen molar-refractivity contribution >= 4 is 23.2 Å². The van der Waals surface area contributed by atoms with Crippen LogP contribution >= 0.6 is 0 Å². The molecule has 0 saturated carbocycles. The molecule has 144 valence electrons. The third kappa shape index (κ3) is 5.56. The molecular formula is C21H27N3O3. The van der Waals surface area contributed by atoms with Gasteiger partial charge in [0.25, 0.3) is 0 Å². The molecule has 2 amide bonds. The van der Waals surface area contributed by atoms with Gasteiger partial charge in [0.1, 0.15) is 5.75 Å². The van der Waals surface area contributed by atoms with Crippen molar-refractivity contribution in [1.82, 2.24) is 4.90 Å². The molecule has 27 heavy (non-hydrogen) atoms. The number of nitrogens with one attached hydrogen (secondary N) is 1. The van der Waals surface area contributed by atoms with Gasteiger partial charge in [-0.05, 0) is 45.2 Å². The number of para-hydroxylation sites is 1. The molecule has 0 fully saturated rings. The molecule has 0 saturated heterocycles. The van der Waals surface area contributed by atoms with Crippen molar-refractivity contribution in [3.8, 4) is 5.75 Å². The maximum absolute atomic E-state index is 12.9. The number of anilines is 2. The highest BCUT2D eigenvalue weighted by Crippen LogP contribution is 2.17. The summed E-state index contributed by atoms with van der Waals surface area (Å²) in [5, 5.41) is 2.83. The van der Waals surface area contributed by atoms with Crippen LogP contribution in [0.2, 0.25) is 0 Å². The lowest BCUT2D eigenvalue weighted by atomic mass is 10.2. The maximum Gasteiger partial charge on any atom is 0.244 e. The molecule has 0 aliphatic carbocycles. The minimum absolute atomic E-state index is 0.0413. The summed E-state index contributed by atoms with van der Waals surface area (Å²) >= 11 is 0. The Hall–Kier alpha value is -2.86. The molecule has 0 radical (unpaired) electrons. The first-order valence-electron chi connectivity index (χ1n) is 8.96. The number of hydrogen-bond acceptors (Lipinski definition) is 4. The number of carbonyl (C=O) groups excluding carboxylic acids is 2. The molecule has 0 aromatic heterocycles. The van der Waals surface area contributed by atoms with Crippen LogP contribution in [0.1, 0.15) is 13.8 Å². The van der Waals surface area contributed by atoms with Crippen LogP contribution in [0.4, 0.5) is 11.4 Å². The number of hydrogen-bond donors (Lipinski definition) is 1. The number of amides is 2. The van der Waals surface area contributed by atoms with Crippen LogP contribution in [0.5, 0.6) is 5.75 Å². The van der Waals surface area contributed by atoms with Crippen molar-refractivity contribution < 1.29 is 14.3 Å². The van der Waals surface area contributed by atoms with Gasteiger partial charge in [0.2, 0.25) is 11.8 Å². The van der Waals surface area contributed by atoms with Gasteiger partial charge in [0.05, 0.1) is 19.7 Å². The van der Waals surface area contributed by atoms with Crippen LogP contribution in [0.15, 0.2) is 54.6 Å². The van der Waals surface area contributed by atoms with Gasteiger partial charge < -0.3 is 15.0 Å². The number of ether oxygens (including phenoxy) is 1. The monoisotopic (exact) mass is 369 g/mol. The predicted octanol–water partition coefficient (Wildman–Crippen LogP) is 3.01. The molecule has 0 aliphatic rings. The first-order valence-corrected chi connectivity index (χ1v) is 8.96. The standard InChI is InChI=1S/C21H27N3O3/c1-5-24(18-11-7-6-8-12-18)21(26)16(2)23(3)15-20(25)22-17-10-9-13-19(14-17)27-4/h6-14,16H,5,15H2,1-4H3,(H,22,25)/t16-/m0/s1. The fourth-order valence-corrected chi connectivity index (χ4v) is 2.75. The third-order valence-electron chi connectivity index (χ3n) is 4.42. The van der Waals surface area contributed by atoms with Gasteiger partial charge >= 0.3 is 0 Å². The van der Waals surface area contributed by atoms with Crippen LogP contribution in [0, 0.1) is 0 Å². The Morgan fingerprint density at radius 1 is 1.11 bits per heavy atom. The number of methoxy groups -OCH3 is 1. The molecule has 6 heteroatoms. The maximum atomic E-state index is 12.9. The molecule has 0 heterocycles. The average molecular weight is 369 g/mol. The molecule has 1 atom stereocenters. The van der Waals surface area contributed by atoms with E-state index in [0.717, 1.165) is 5.69 Å². The summed E-state index contributed by atoms with van der Waals surface area (Å²) in [6, 6.07) is 16.3. The minimum atomic E-state index is -0.429. The van der Waals surface area contributed by atoms with E-state index in [1.54, 1.807) is 36.1 Å². The summed E-state index contributed by atoms with van der Waals surface area (Å²) < 4.78 is 5.16. The third-order valence-corrected chi connectivity index (χ3v) is 4.42. The smallest absolute Gasteiger partial charge is 0.244 e. The zero-order valence-electron chi connectivity index (χ0n) is 16.3. The Labute approximate surface area is 160 Å². The summed E-state index contributed by atoms with van der Waals surface area (Å²) in [6.07, 6.45) is 0. The van der Waals surface area contributed by atoms with Crippen LogP contribution in [0.3, 0.4) is 0 Å². The topological polar surface area (TPSA) is 61.9 Å². The van der Waals surface area contributed by atoms with Crippen molar-refractivity contribution in [2.75, 3.05) is 37.5 Å². The van der Waals surface area contributed by atoms with Gasteiger partial charge in [-0.25, -0.2) is 0 Å². The summed E-state index contributed by atoms with van der Waals surface area (Å²) in [7, 11) is 3.35. The number of benzene rings is 2. The molecule has 2 aromatic rings. The lowest BCUT2D eigenvalue weighted by molar-refractivity contribution is -0.124. The van der Waals surface area contributed by atoms with Gasteiger partial charge in [-0.15, -0.1) is 0 Å². The molecule has 0 aliphatic heterocycles. The van der Waals surface area contributed by atoms with Gasteiger partial charge in [-0.1, -0.05) is 24.3 Å². The quantitative estimate of drug-likeness (QED) is 0.777. The average Bonchev–Trinajstić information content (AvgIpc) is 2.68. The van der Waals surface area contributed by atoms with E-state index >= 15 is 0 Å². The second-order valence-corrected chi connectivity index (χ2v) is 6.29. The molecule has 0 unspecified atom stereocenters. The number of likely N-dealkylation sites (N-methyl/N-ethyl adjacent to an activating group) is 2. The van der Waals surface area contributed by atoms with E-state index in [1.165, 1.54) is 0 Å². The van der Waals surface area contributed by atoms with Gasteiger partial charge in [-0.3, -0.25) is 14.5 Å². The summed E-state index contributed by atoms with van der Waals surface area (Å²) in [5.74, 6) is 0.444. The van der Waals surface area contributed by atoms with E-state index in [9.17, 15) is 9.59 Å². The Kier molecular flexibility index (Phi) is 7.37. The van der Waals surface area contributed by atoms with Crippen molar-refractivity contribution in [2.45, 2.75) is 19.9 Å². The van der Waals surface area contributed by atoms with Crippen LogP contribution < -0.4 is 15.0 Å². The molecule has 2 aromatic carbocycles. The number of rotatable bonds is 8. The fraction of sp³-hybridized carbons (Fsp3) is 0.333. The Morgan fingerprint density at radius 2 is 1.81 bits per heavy atom. The van der Waals surface area contributed by atoms with Crippen molar-refractivity contribution in [1.29, 1.82) is 0 Å². The van der Waals surface area contributed by atoms with Crippen molar-refractivity contribution in [3.63, 3.8) is 0 Å². The number of carbonyl (C=O) groups is 2. The number of nitrogens with zero attached hydrogens (tertiary/aromatic N) is 2. The van der Waals surface area contributed by atoms with Gasteiger partial charge in [0.15, 0.2) is 0 Å². The van der Waals surface area contributed by atoms with E-state index in [-0.39, 0.29) is 18.4 Å². The summed E-state index contributed by atoms with van der Waals surface area (Å²) in [4.78, 5) is 28.7. The zero-order valence-corrected chi connectivity index (χ0v) is 16.3. The van der Waals surface area contributed by atoms with E-state index in [1.807, 2.05) is 56.3 Å². The molecule has 2 rings (SSSR count).